The van der Waals surface area contributed by atoms with Crippen molar-refractivity contribution in [2.45, 2.75) is 26.2 Å². The number of aromatic nitrogens is 1. The van der Waals surface area contributed by atoms with Crippen molar-refractivity contribution < 1.29 is 14.3 Å². The average molecular weight is 347 g/mol. The molecule has 2 rings (SSSR count). The Morgan fingerprint density at radius 3 is 2.50 bits per heavy atom. The highest BCUT2D eigenvalue weighted by Gasteiger charge is 2.11. The molecule has 6 heteroatoms. The Morgan fingerprint density at radius 1 is 1.21 bits per heavy atom. The van der Waals surface area contributed by atoms with E-state index in [4.69, 9.17) is 16.3 Å². The SMILES string of the molecule is CC[C@@H](C)c1ccc(NC(=O)COC(=O)c2ccc(Cl)nc2)cc1. The molecule has 0 unspecified atom stereocenters. The van der Waals surface area contributed by atoms with Crippen LogP contribution >= 0.6 is 11.6 Å². The number of rotatable bonds is 6. The van der Waals surface area contributed by atoms with Gasteiger partial charge in [0.1, 0.15) is 5.15 Å². The van der Waals surface area contributed by atoms with Crippen LogP contribution in [0.15, 0.2) is 42.6 Å². The number of hydrogen-bond acceptors (Lipinski definition) is 4. The standard InChI is InChI=1S/C18H19ClN2O3/c1-3-12(2)13-4-7-15(8-5-13)21-17(22)11-24-18(23)14-6-9-16(19)20-10-14/h4-10,12H,3,11H2,1-2H3,(H,21,22)/t12-/m1/s1. The molecule has 0 radical (unpaired) electrons. The number of ether oxygens (including phenoxy) is 1. The first-order valence-electron chi connectivity index (χ1n) is 7.68. The molecule has 0 aliphatic carbocycles. The summed E-state index contributed by atoms with van der Waals surface area (Å²) in [6.45, 7) is 3.91. The molecule has 2 aromatic rings. The van der Waals surface area contributed by atoms with Crippen molar-refractivity contribution in [3.8, 4) is 0 Å². The van der Waals surface area contributed by atoms with Gasteiger partial charge in [-0.15, -0.1) is 0 Å². The van der Waals surface area contributed by atoms with Gasteiger partial charge in [0.2, 0.25) is 0 Å². The number of amides is 1. The highest BCUT2D eigenvalue weighted by Crippen LogP contribution is 2.20. The number of carbonyl (C=O) groups is 2. The minimum absolute atomic E-state index is 0.241. The number of esters is 1. The monoisotopic (exact) mass is 346 g/mol. The Bertz CT molecular complexity index is 699. The van der Waals surface area contributed by atoms with Crippen molar-refractivity contribution >= 4 is 29.2 Å². The van der Waals surface area contributed by atoms with Crippen LogP contribution in [0.4, 0.5) is 5.69 Å². The first-order chi connectivity index (χ1) is 11.5. The van der Waals surface area contributed by atoms with E-state index in [2.05, 4.69) is 24.1 Å². The summed E-state index contributed by atoms with van der Waals surface area (Å²) in [4.78, 5) is 27.4. The lowest BCUT2D eigenvalue weighted by molar-refractivity contribution is -0.119. The molecule has 1 aromatic heterocycles. The maximum Gasteiger partial charge on any atom is 0.340 e. The maximum absolute atomic E-state index is 11.9. The van der Waals surface area contributed by atoms with Crippen molar-refractivity contribution in [3.63, 3.8) is 0 Å². The van der Waals surface area contributed by atoms with Gasteiger partial charge < -0.3 is 10.1 Å². The van der Waals surface area contributed by atoms with Gasteiger partial charge in [0.25, 0.3) is 5.91 Å². The summed E-state index contributed by atoms with van der Waals surface area (Å²) in [6, 6.07) is 10.6. The van der Waals surface area contributed by atoms with Gasteiger partial charge in [0.05, 0.1) is 5.56 Å². The third-order valence-corrected chi connectivity index (χ3v) is 3.90. The summed E-state index contributed by atoms with van der Waals surface area (Å²) in [5.41, 5.74) is 2.12. The summed E-state index contributed by atoms with van der Waals surface area (Å²) in [5, 5.41) is 2.97. The van der Waals surface area contributed by atoms with Crippen LogP contribution in [-0.4, -0.2) is 23.5 Å². The van der Waals surface area contributed by atoms with E-state index in [1.54, 1.807) is 0 Å². The zero-order valence-corrected chi connectivity index (χ0v) is 14.3. The summed E-state index contributed by atoms with van der Waals surface area (Å²) in [7, 11) is 0. The molecule has 0 fully saturated rings. The van der Waals surface area contributed by atoms with E-state index in [9.17, 15) is 9.59 Å². The van der Waals surface area contributed by atoms with Crippen LogP contribution in [0.3, 0.4) is 0 Å². The third kappa shape index (κ3) is 5.06. The smallest absolute Gasteiger partial charge is 0.340 e. The van der Waals surface area contributed by atoms with Crippen LogP contribution in [0.25, 0.3) is 0 Å². The van der Waals surface area contributed by atoms with Gasteiger partial charge >= 0.3 is 5.97 Å². The lowest BCUT2D eigenvalue weighted by atomic mass is 9.99. The second-order valence-electron chi connectivity index (χ2n) is 5.43. The number of anilines is 1. The van der Waals surface area contributed by atoms with Crippen LogP contribution < -0.4 is 5.32 Å². The summed E-state index contributed by atoms with van der Waals surface area (Å²) in [6.07, 6.45) is 2.36. The molecule has 0 bridgehead atoms. The number of pyridine rings is 1. The van der Waals surface area contributed by atoms with Crippen LogP contribution in [-0.2, 0) is 9.53 Å². The molecule has 1 N–H and O–H groups in total. The molecular formula is C18H19ClN2O3. The Morgan fingerprint density at radius 2 is 1.92 bits per heavy atom. The number of halogens is 1. The molecule has 0 saturated carbocycles. The van der Waals surface area contributed by atoms with E-state index in [-0.39, 0.29) is 17.3 Å². The number of nitrogens with one attached hydrogen (secondary N) is 1. The largest absolute Gasteiger partial charge is 0.452 e. The number of carbonyl (C=O) groups excluding carboxylic acids is 2. The first kappa shape index (κ1) is 17.9. The van der Waals surface area contributed by atoms with Gasteiger partial charge in [-0.25, -0.2) is 9.78 Å². The van der Waals surface area contributed by atoms with E-state index in [0.29, 0.717) is 11.6 Å². The van der Waals surface area contributed by atoms with Gasteiger partial charge in [-0.05, 0) is 42.2 Å². The Kier molecular flexibility index (Phi) is 6.32. The van der Waals surface area contributed by atoms with Crippen molar-refractivity contribution in [1.82, 2.24) is 4.98 Å². The van der Waals surface area contributed by atoms with Crippen molar-refractivity contribution in [2.24, 2.45) is 0 Å². The highest BCUT2D eigenvalue weighted by atomic mass is 35.5. The van der Waals surface area contributed by atoms with Gasteiger partial charge in [-0.2, -0.15) is 0 Å². The summed E-state index contributed by atoms with van der Waals surface area (Å²) < 4.78 is 4.95. The normalized spacial score (nSPS) is 11.6. The minimum Gasteiger partial charge on any atom is -0.452 e. The molecular weight excluding hydrogens is 328 g/mol. The fraction of sp³-hybridized carbons (Fsp3) is 0.278. The minimum atomic E-state index is -0.624. The average Bonchev–Trinajstić information content (AvgIpc) is 2.60. The lowest BCUT2D eigenvalue weighted by Crippen LogP contribution is -2.21. The van der Waals surface area contributed by atoms with Gasteiger partial charge in [-0.3, -0.25) is 4.79 Å². The zero-order valence-electron chi connectivity index (χ0n) is 13.6. The Hall–Kier alpha value is -2.40. The predicted molar refractivity (Wildman–Crippen MR) is 93.3 cm³/mol. The molecule has 1 heterocycles. The first-order valence-corrected chi connectivity index (χ1v) is 8.06. The second-order valence-corrected chi connectivity index (χ2v) is 5.81. The fourth-order valence-electron chi connectivity index (χ4n) is 2.04. The van der Waals surface area contributed by atoms with E-state index in [1.165, 1.54) is 23.9 Å². The molecule has 24 heavy (non-hydrogen) atoms. The van der Waals surface area contributed by atoms with E-state index in [0.717, 1.165) is 6.42 Å². The molecule has 126 valence electrons. The third-order valence-electron chi connectivity index (χ3n) is 3.67. The van der Waals surface area contributed by atoms with Gasteiger partial charge in [-0.1, -0.05) is 37.6 Å². The molecule has 1 amide bonds. The zero-order chi connectivity index (χ0) is 17.5. The maximum atomic E-state index is 11.9. The number of hydrogen-bond donors (Lipinski definition) is 1. The number of benzene rings is 1. The Balaban J connectivity index is 1.84. The van der Waals surface area contributed by atoms with Crippen molar-refractivity contribution in [1.29, 1.82) is 0 Å². The van der Waals surface area contributed by atoms with E-state index >= 15 is 0 Å². The van der Waals surface area contributed by atoms with E-state index < -0.39 is 11.9 Å². The molecule has 0 aliphatic heterocycles. The fourth-order valence-corrected chi connectivity index (χ4v) is 2.15. The molecule has 1 aromatic carbocycles. The van der Waals surface area contributed by atoms with E-state index in [1.807, 2.05) is 24.3 Å². The second kappa shape index (κ2) is 8.45. The molecule has 0 aliphatic rings. The lowest BCUT2D eigenvalue weighted by Gasteiger charge is -2.10. The van der Waals surface area contributed by atoms with Crippen molar-refractivity contribution in [2.75, 3.05) is 11.9 Å². The molecule has 0 spiro atoms. The van der Waals surface area contributed by atoms with Crippen LogP contribution in [0.2, 0.25) is 5.15 Å². The van der Waals surface area contributed by atoms with Crippen LogP contribution in [0, 0.1) is 0 Å². The number of nitrogens with zero attached hydrogens (tertiary/aromatic N) is 1. The molecule has 5 nitrogen and oxygen atoms in total. The molecule has 1 atom stereocenters. The van der Waals surface area contributed by atoms with Gasteiger partial charge in [0.15, 0.2) is 6.61 Å². The predicted octanol–water partition coefficient (Wildman–Crippen LogP) is 4.04. The summed E-state index contributed by atoms with van der Waals surface area (Å²) in [5.74, 6) is -0.549. The van der Waals surface area contributed by atoms with Crippen LogP contribution in [0.5, 0.6) is 0 Å². The molecule has 0 saturated heterocycles. The Labute approximate surface area is 146 Å². The summed E-state index contributed by atoms with van der Waals surface area (Å²) >= 11 is 5.65. The van der Waals surface area contributed by atoms with Crippen LogP contribution in [0.1, 0.15) is 42.1 Å². The van der Waals surface area contributed by atoms with Crippen molar-refractivity contribution in [3.05, 3.63) is 58.9 Å². The van der Waals surface area contributed by atoms with Gasteiger partial charge in [0, 0.05) is 11.9 Å². The topological polar surface area (TPSA) is 68.3 Å². The highest BCUT2D eigenvalue weighted by molar-refractivity contribution is 6.29. The quantitative estimate of drug-likeness (QED) is 0.633.